The van der Waals surface area contributed by atoms with Crippen LogP contribution in [0.15, 0.2) is 71.1 Å². The van der Waals surface area contributed by atoms with Gasteiger partial charge in [0, 0.05) is 28.9 Å². The summed E-state index contributed by atoms with van der Waals surface area (Å²) in [6, 6.07) is 12.6. The Bertz CT molecular complexity index is 1600. The maximum Gasteiger partial charge on any atom is 0.413 e. The summed E-state index contributed by atoms with van der Waals surface area (Å²) in [4.78, 5) is 20.9. The molecule has 0 aliphatic carbocycles. The van der Waals surface area contributed by atoms with Crippen molar-refractivity contribution in [3.63, 3.8) is 0 Å². The van der Waals surface area contributed by atoms with Gasteiger partial charge in [-0.15, -0.1) is 0 Å². The lowest BCUT2D eigenvalue weighted by molar-refractivity contribution is 0.0634. The molecule has 1 amide bonds. The maximum atomic E-state index is 14.0. The number of aromatic nitrogens is 3. The molecule has 4 aromatic rings. The van der Waals surface area contributed by atoms with E-state index in [1.165, 1.54) is 18.2 Å². The molecule has 0 fully saturated rings. The number of carbonyl (C=O) groups excluding carboxylic acids is 1. The van der Waals surface area contributed by atoms with Crippen molar-refractivity contribution >= 4 is 34.6 Å². The van der Waals surface area contributed by atoms with Gasteiger partial charge in [0.1, 0.15) is 23.4 Å². The van der Waals surface area contributed by atoms with E-state index in [1.54, 1.807) is 75.1 Å². The summed E-state index contributed by atoms with van der Waals surface area (Å²) >= 11 is 0. The first-order valence-corrected chi connectivity index (χ1v) is 12.2. The van der Waals surface area contributed by atoms with Crippen molar-refractivity contribution in [3.05, 3.63) is 77.9 Å². The number of fused-ring (bicyclic) bond motifs is 1. The largest absolute Gasteiger partial charge is 0.482 e. The molecule has 208 valence electrons. The number of hydrogen-bond acceptors (Lipinski definition) is 7. The van der Waals surface area contributed by atoms with Gasteiger partial charge < -0.3 is 26.1 Å². The quantitative estimate of drug-likeness (QED) is 0.118. The number of guanidine groups is 1. The highest BCUT2D eigenvalue weighted by Gasteiger charge is 2.22. The number of carbonyl (C=O) groups is 1. The van der Waals surface area contributed by atoms with Gasteiger partial charge in [0.05, 0.1) is 11.2 Å². The Balaban J connectivity index is 1.78. The van der Waals surface area contributed by atoms with Gasteiger partial charge in [-0.3, -0.25) is 5.32 Å². The fraction of sp³-hybridized carbons (Fsp3) is 0.222. The Labute approximate surface area is 229 Å². The molecular weight excluding hydrogens is 519 g/mol. The topological polar surface area (TPSA) is 175 Å². The molecule has 0 spiro atoms. The Morgan fingerprint density at radius 2 is 1.95 bits per heavy atom. The minimum absolute atomic E-state index is 0.00546. The highest BCUT2D eigenvalue weighted by molar-refractivity contribution is 6.04. The van der Waals surface area contributed by atoms with Crippen LogP contribution < -0.4 is 21.5 Å². The average molecular weight is 549 g/mol. The number of amidine groups is 1. The van der Waals surface area contributed by atoms with Crippen molar-refractivity contribution < 1.29 is 23.9 Å². The van der Waals surface area contributed by atoms with Crippen molar-refractivity contribution in [1.82, 2.24) is 14.8 Å². The average Bonchev–Trinajstić information content (AvgIpc) is 3.42. The molecule has 40 heavy (non-hydrogen) atoms. The van der Waals surface area contributed by atoms with Crippen molar-refractivity contribution in [2.75, 3.05) is 5.32 Å². The minimum atomic E-state index is -0.747. The van der Waals surface area contributed by atoms with Crippen molar-refractivity contribution in [2.24, 2.45) is 21.6 Å². The second kappa shape index (κ2) is 11.3. The molecule has 0 aliphatic heterocycles. The third-order valence-corrected chi connectivity index (χ3v) is 5.51. The first-order chi connectivity index (χ1) is 18.9. The van der Waals surface area contributed by atoms with Crippen LogP contribution in [0.25, 0.3) is 16.6 Å². The number of aliphatic imine (C=N–C) groups is 1. The summed E-state index contributed by atoms with van der Waals surface area (Å²) in [5, 5.41) is 19.1. The Morgan fingerprint density at radius 1 is 1.18 bits per heavy atom. The number of halogens is 1. The molecule has 2 aromatic heterocycles. The van der Waals surface area contributed by atoms with Crippen LogP contribution in [-0.2, 0) is 4.74 Å². The zero-order valence-electron chi connectivity index (χ0n) is 22.3. The number of ether oxygens (including phenoxy) is 2. The number of hydrogen-bond donors (Lipinski definition) is 4. The van der Waals surface area contributed by atoms with E-state index in [0.29, 0.717) is 27.7 Å². The molecule has 4 rings (SSSR count). The number of pyridine rings is 1. The number of benzene rings is 2. The summed E-state index contributed by atoms with van der Waals surface area (Å²) in [6.45, 7) is 6.99. The molecule has 12 nitrogen and oxygen atoms in total. The van der Waals surface area contributed by atoms with Crippen LogP contribution in [-0.4, -0.2) is 43.5 Å². The number of nitrogens with zero attached hydrogens (tertiary/aromatic N) is 5. The van der Waals surface area contributed by atoms with Gasteiger partial charge in [-0.05, 0) is 81.4 Å². The predicted molar refractivity (Wildman–Crippen MR) is 148 cm³/mol. The van der Waals surface area contributed by atoms with Crippen molar-refractivity contribution in [1.29, 1.82) is 0 Å². The highest BCUT2D eigenvalue weighted by atomic mass is 19.1. The highest BCUT2D eigenvalue weighted by Crippen LogP contribution is 2.34. The molecular formula is C27H29FN8O4. The van der Waals surface area contributed by atoms with Gasteiger partial charge in [0.25, 0.3) is 5.96 Å². The summed E-state index contributed by atoms with van der Waals surface area (Å²) in [5.41, 5.74) is 13.0. The van der Waals surface area contributed by atoms with E-state index in [4.69, 9.17) is 26.1 Å². The molecule has 0 unspecified atom stereocenters. The van der Waals surface area contributed by atoms with Gasteiger partial charge >= 0.3 is 6.09 Å². The number of nitrogens with two attached hydrogens (primary N) is 2. The molecule has 0 aliphatic rings. The number of nitrogens with one attached hydrogen (secondary N) is 1. The molecule has 0 bridgehead atoms. The fourth-order valence-corrected chi connectivity index (χ4v) is 3.83. The zero-order chi connectivity index (χ0) is 29.0. The van der Waals surface area contributed by atoms with Gasteiger partial charge in [-0.2, -0.15) is 10.1 Å². The van der Waals surface area contributed by atoms with E-state index in [2.05, 4.69) is 25.5 Å². The zero-order valence-corrected chi connectivity index (χ0v) is 22.3. The monoisotopic (exact) mass is 548 g/mol. The van der Waals surface area contributed by atoms with Crippen molar-refractivity contribution in [3.8, 4) is 11.4 Å². The third-order valence-electron chi connectivity index (χ3n) is 5.51. The third kappa shape index (κ3) is 6.62. The van der Waals surface area contributed by atoms with Gasteiger partial charge in [-0.1, -0.05) is 0 Å². The van der Waals surface area contributed by atoms with Crippen LogP contribution in [0.2, 0.25) is 0 Å². The van der Waals surface area contributed by atoms with E-state index in [-0.39, 0.29) is 17.4 Å². The molecule has 13 heteroatoms. The Hall–Kier alpha value is -5.20. The van der Waals surface area contributed by atoms with E-state index in [9.17, 15) is 9.18 Å². The lowest BCUT2D eigenvalue weighted by Gasteiger charge is -2.23. The van der Waals surface area contributed by atoms with Crippen LogP contribution in [0, 0.1) is 5.82 Å². The minimum Gasteiger partial charge on any atom is -0.482 e. The van der Waals surface area contributed by atoms with Crippen LogP contribution in [0.3, 0.4) is 0 Å². The molecule has 1 atom stereocenters. The standard InChI is InChI=1S/C27H29FN8O4/c1-15(19-13-16(23(29)33-25(30)35-38)6-9-21(19)36-11-5-10-31-36)39-22-14-17-12-18(28)7-8-20(17)32-24(22)34-26(37)40-27(2,3)4/h5-15,38H,1-4H3,(H,32,34,37)(H4,29,30,33,35)/t15-/m0/s1. The SMILES string of the molecule is C[C@H](Oc1cc2cc(F)ccc2nc1NC(=O)OC(C)(C)C)c1cc(/C(N)=N/C(N)=N/O)ccc1-n1cccn1. The molecule has 0 radical (unpaired) electrons. The predicted octanol–water partition coefficient (Wildman–Crippen LogP) is 4.46. The van der Waals surface area contributed by atoms with Crippen LogP contribution in [0.4, 0.5) is 15.0 Å². The lowest BCUT2D eigenvalue weighted by Crippen LogP contribution is -2.27. The van der Waals surface area contributed by atoms with Crippen LogP contribution in [0.5, 0.6) is 5.75 Å². The van der Waals surface area contributed by atoms with Gasteiger partial charge in [0.2, 0.25) is 0 Å². The molecule has 6 N–H and O–H groups in total. The van der Waals surface area contributed by atoms with E-state index in [1.807, 2.05) is 0 Å². The molecule has 2 heterocycles. The summed E-state index contributed by atoms with van der Waals surface area (Å²) in [5.74, 6) is -0.593. The van der Waals surface area contributed by atoms with E-state index in [0.717, 1.165) is 0 Å². The van der Waals surface area contributed by atoms with E-state index < -0.39 is 29.6 Å². The number of rotatable bonds is 6. The molecule has 0 saturated carbocycles. The number of amides is 1. The van der Waals surface area contributed by atoms with E-state index >= 15 is 0 Å². The normalized spacial score (nSPS) is 13.2. The Kier molecular flexibility index (Phi) is 7.84. The first kappa shape index (κ1) is 27.8. The van der Waals surface area contributed by atoms with Gasteiger partial charge in [-0.25, -0.2) is 18.9 Å². The van der Waals surface area contributed by atoms with Crippen LogP contribution >= 0.6 is 0 Å². The molecule has 0 saturated heterocycles. The number of oxime groups is 1. The maximum absolute atomic E-state index is 14.0. The first-order valence-electron chi connectivity index (χ1n) is 12.2. The molecule has 2 aromatic carbocycles. The Morgan fingerprint density at radius 3 is 2.62 bits per heavy atom. The van der Waals surface area contributed by atoms with Gasteiger partial charge in [0.15, 0.2) is 11.6 Å². The summed E-state index contributed by atoms with van der Waals surface area (Å²) < 4.78 is 27.4. The second-order valence-corrected chi connectivity index (χ2v) is 9.74. The summed E-state index contributed by atoms with van der Waals surface area (Å²) in [6.07, 6.45) is 1.98. The van der Waals surface area contributed by atoms with Crippen LogP contribution in [0.1, 0.15) is 44.9 Å². The smallest absolute Gasteiger partial charge is 0.413 e. The fourth-order valence-electron chi connectivity index (χ4n) is 3.83. The summed E-state index contributed by atoms with van der Waals surface area (Å²) in [7, 11) is 0. The second-order valence-electron chi connectivity index (χ2n) is 9.74. The lowest BCUT2D eigenvalue weighted by atomic mass is 10.0. The number of anilines is 1. The van der Waals surface area contributed by atoms with Crippen molar-refractivity contribution in [2.45, 2.75) is 39.4 Å².